The number of piperidine rings is 1. The summed E-state index contributed by atoms with van der Waals surface area (Å²) in [6.07, 6.45) is 1.62. The molecule has 0 spiro atoms. The molecule has 2 aromatic rings. The van der Waals surface area contributed by atoms with Gasteiger partial charge in [0.1, 0.15) is 11.5 Å². The number of esters is 1. The van der Waals surface area contributed by atoms with Crippen molar-refractivity contribution in [3.63, 3.8) is 0 Å². The van der Waals surface area contributed by atoms with Crippen LogP contribution in [0.2, 0.25) is 0 Å². The average molecular weight is 491 g/mol. The third kappa shape index (κ3) is 6.90. The van der Waals surface area contributed by atoms with Gasteiger partial charge in [-0.1, -0.05) is 30.3 Å². The van der Waals surface area contributed by atoms with Crippen molar-refractivity contribution < 1.29 is 42.7 Å². The highest BCUT2D eigenvalue weighted by atomic mass is 31.2. The van der Waals surface area contributed by atoms with Crippen LogP contribution in [0.5, 0.6) is 5.75 Å². The fourth-order valence-electron chi connectivity index (χ4n) is 4.01. The molecule has 1 heterocycles. The minimum Gasteiger partial charge on any atom is -0.424 e. The van der Waals surface area contributed by atoms with Crippen molar-refractivity contribution in [3.05, 3.63) is 65.7 Å². The van der Waals surface area contributed by atoms with E-state index < -0.39 is 32.6 Å². The van der Waals surface area contributed by atoms with E-state index in [-0.39, 0.29) is 23.1 Å². The Morgan fingerprint density at radius 1 is 1.03 bits per heavy atom. The monoisotopic (exact) mass is 491 g/mol. The normalized spacial score (nSPS) is 16.9. The summed E-state index contributed by atoms with van der Waals surface area (Å²) in [5.74, 6) is -1.44. The minimum absolute atomic E-state index is 0.0477. The number of phosphoric acid groups is 1. The summed E-state index contributed by atoms with van der Waals surface area (Å²) < 4.78 is 25.4. The smallest absolute Gasteiger partial charge is 0.424 e. The molecule has 182 valence electrons. The lowest BCUT2D eigenvalue weighted by molar-refractivity contribution is -0.120. The fourth-order valence-corrected chi connectivity index (χ4v) is 4.40. The Kier molecular flexibility index (Phi) is 8.44. The molecular weight excluding hydrogens is 465 g/mol. The van der Waals surface area contributed by atoms with Crippen LogP contribution < -0.4 is 4.52 Å². The molecule has 2 unspecified atom stereocenters. The maximum Gasteiger partial charge on any atom is 0.524 e. The number of Topliss-reactive ketones (excluding diaryl/α,β-unsaturated/α-hetero) is 1. The van der Waals surface area contributed by atoms with E-state index in [2.05, 4.69) is 4.52 Å². The molecule has 3 rings (SSSR count). The average Bonchev–Trinajstić information content (AvgIpc) is 2.79. The Labute approximate surface area is 196 Å². The molecule has 1 aliphatic rings. The third-order valence-corrected chi connectivity index (χ3v) is 5.90. The molecule has 0 bridgehead atoms. The van der Waals surface area contributed by atoms with Crippen LogP contribution in [0.3, 0.4) is 0 Å². The van der Waals surface area contributed by atoms with Crippen molar-refractivity contribution >= 4 is 25.7 Å². The van der Waals surface area contributed by atoms with Crippen molar-refractivity contribution in [2.24, 2.45) is 0 Å². The van der Waals surface area contributed by atoms with Crippen LogP contribution in [-0.2, 0) is 18.8 Å². The molecule has 10 nitrogen and oxygen atoms in total. The number of ether oxygens (including phenoxy) is 2. The Morgan fingerprint density at radius 2 is 1.71 bits per heavy atom. The lowest BCUT2D eigenvalue weighted by Gasteiger charge is -2.38. The molecule has 1 amide bonds. The second kappa shape index (κ2) is 11.3. The van der Waals surface area contributed by atoms with E-state index in [1.54, 1.807) is 0 Å². The predicted octanol–water partition coefficient (Wildman–Crippen LogP) is 3.64. The van der Waals surface area contributed by atoms with Crippen molar-refractivity contribution in [2.75, 3.05) is 13.3 Å². The van der Waals surface area contributed by atoms with Crippen LogP contribution in [0.4, 0.5) is 4.79 Å². The van der Waals surface area contributed by atoms with Gasteiger partial charge >= 0.3 is 19.9 Å². The Bertz CT molecular complexity index is 1050. The van der Waals surface area contributed by atoms with Crippen LogP contribution >= 0.6 is 7.82 Å². The van der Waals surface area contributed by atoms with Crippen LogP contribution in [0.15, 0.2) is 54.6 Å². The van der Waals surface area contributed by atoms with Crippen molar-refractivity contribution in [2.45, 2.75) is 38.1 Å². The first kappa shape index (κ1) is 25.4. The molecule has 2 aromatic carbocycles. The molecule has 0 aliphatic carbocycles. The minimum atomic E-state index is -4.71. The van der Waals surface area contributed by atoms with E-state index in [0.29, 0.717) is 13.0 Å². The number of nitrogens with zero attached hydrogens (tertiary/aromatic N) is 1. The van der Waals surface area contributed by atoms with Gasteiger partial charge in [-0.3, -0.25) is 14.6 Å². The van der Waals surface area contributed by atoms with Gasteiger partial charge in [0.15, 0.2) is 0 Å². The largest absolute Gasteiger partial charge is 0.524 e. The summed E-state index contributed by atoms with van der Waals surface area (Å²) in [5.41, 5.74) is 0.906. The molecule has 1 fully saturated rings. The first-order valence-electron chi connectivity index (χ1n) is 10.7. The van der Waals surface area contributed by atoms with E-state index >= 15 is 0 Å². The Balaban J connectivity index is 1.59. The van der Waals surface area contributed by atoms with Crippen LogP contribution in [0.25, 0.3) is 0 Å². The van der Waals surface area contributed by atoms with Gasteiger partial charge in [0.25, 0.3) is 0 Å². The van der Waals surface area contributed by atoms with Crippen LogP contribution in [-0.4, -0.2) is 51.9 Å². The first-order chi connectivity index (χ1) is 16.2. The Hall–Kier alpha value is -3.20. The molecule has 11 heteroatoms. The SMILES string of the molecule is CC(=O)C(c1ccccc1)C1CCCCN1C(=O)OCOC(=O)c1ccc(OP(=O)(O)O)cc1. The van der Waals surface area contributed by atoms with Crippen molar-refractivity contribution in [1.82, 2.24) is 4.90 Å². The maximum atomic E-state index is 12.8. The summed E-state index contributed by atoms with van der Waals surface area (Å²) in [6, 6.07) is 13.8. The molecule has 1 saturated heterocycles. The van der Waals surface area contributed by atoms with Crippen molar-refractivity contribution in [1.29, 1.82) is 0 Å². The summed E-state index contributed by atoms with van der Waals surface area (Å²) in [4.78, 5) is 56.5. The number of amides is 1. The standard InChI is InChI=1S/C23H26NO9P/c1-16(25)21(17-7-3-2-4-8-17)20-9-5-6-14-24(20)23(27)32-15-31-22(26)18-10-12-19(13-11-18)33-34(28,29)30/h2-4,7-8,10-13,20-21H,5-6,9,14-15H2,1H3,(H2,28,29,30). The number of benzene rings is 2. The van der Waals surface area contributed by atoms with Gasteiger partial charge in [0, 0.05) is 12.6 Å². The number of hydrogen-bond donors (Lipinski definition) is 2. The number of phosphoric ester groups is 1. The molecule has 34 heavy (non-hydrogen) atoms. The van der Waals surface area contributed by atoms with Gasteiger partial charge in [-0.05, 0) is 56.0 Å². The number of carbonyl (C=O) groups is 3. The van der Waals surface area contributed by atoms with Crippen molar-refractivity contribution in [3.8, 4) is 5.75 Å². The summed E-state index contributed by atoms with van der Waals surface area (Å²) in [6.45, 7) is 1.31. The molecule has 0 aromatic heterocycles. The van der Waals surface area contributed by atoms with Crippen LogP contribution in [0.1, 0.15) is 48.0 Å². The number of likely N-dealkylation sites (tertiary alicyclic amines) is 1. The highest BCUT2D eigenvalue weighted by Crippen LogP contribution is 2.37. The first-order valence-corrected chi connectivity index (χ1v) is 12.2. The highest BCUT2D eigenvalue weighted by Gasteiger charge is 2.37. The van der Waals surface area contributed by atoms with Gasteiger partial charge in [-0.2, -0.15) is 0 Å². The van der Waals surface area contributed by atoms with Gasteiger partial charge in [-0.15, -0.1) is 0 Å². The topological polar surface area (TPSA) is 140 Å². The van der Waals surface area contributed by atoms with Gasteiger partial charge in [0.05, 0.1) is 11.5 Å². The number of hydrogen-bond acceptors (Lipinski definition) is 7. The van der Waals surface area contributed by atoms with Gasteiger partial charge in [0.2, 0.25) is 6.79 Å². The van der Waals surface area contributed by atoms with Crippen LogP contribution in [0, 0.1) is 0 Å². The molecule has 1 aliphatic heterocycles. The predicted molar refractivity (Wildman–Crippen MR) is 120 cm³/mol. The second-order valence-electron chi connectivity index (χ2n) is 7.82. The lowest BCUT2D eigenvalue weighted by atomic mass is 9.83. The van der Waals surface area contributed by atoms with E-state index in [0.717, 1.165) is 18.4 Å². The molecule has 2 N–H and O–H groups in total. The van der Waals surface area contributed by atoms with Gasteiger partial charge < -0.3 is 18.9 Å². The second-order valence-corrected chi connectivity index (χ2v) is 8.99. The zero-order valence-corrected chi connectivity index (χ0v) is 19.4. The fraction of sp³-hybridized carbons (Fsp3) is 0.348. The zero-order chi connectivity index (χ0) is 24.7. The number of ketones is 1. The lowest BCUT2D eigenvalue weighted by Crippen LogP contribution is -2.48. The molecular formula is C23H26NO9P. The van der Waals surface area contributed by atoms with E-state index in [9.17, 15) is 18.9 Å². The molecule has 0 saturated carbocycles. The molecule has 0 radical (unpaired) electrons. The third-order valence-electron chi connectivity index (χ3n) is 5.45. The number of carbonyl (C=O) groups excluding carboxylic acids is 3. The van der Waals surface area contributed by atoms with E-state index in [4.69, 9.17) is 19.3 Å². The maximum absolute atomic E-state index is 12.8. The zero-order valence-electron chi connectivity index (χ0n) is 18.5. The summed E-state index contributed by atoms with van der Waals surface area (Å²) in [5, 5.41) is 0. The number of rotatable bonds is 8. The molecule has 2 atom stereocenters. The van der Waals surface area contributed by atoms with E-state index in [1.165, 1.54) is 36.1 Å². The quantitative estimate of drug-likeness (QED) is 0.322. The highest BCUT2D eigenvalue weighted by molar-refractivity contribution is 7.46. The summed E-state index contributed by atoms with van der Waals surface area (Å²) >= 11 is 0. The summed E-state index contributed by atoms with van der Waals surface area (Å²) in [7, 11) is -4.71. The Morgan fingerprint density at radius 3 is 2.32 bits per heavy atom. The van der Waals surface area contributed by atoms with Gasteiger partial charge in [-0.25, -0.2) is 14.2 Å². The van der Waals surface area contributed by atoms with E-state index in [1.807, 2.05) is 30.3 Å².